The molecule has 4 amide bonds. The third kappa shape index (κ3) is 7.04. The minimum Gasteiger partial charge on any atom is -0.497 e. The minimum absolute atomic E-state index is 0.0558. The molecule has 2 aromatic rings. The molecule has 1 atom stereocenters. The van der Waals surface area contributed by atoms with Crippen molar-refractivity contribution in [2.45, 2.75) is 19.4 Å². The van der Waals surface area contributed by atoms with E-state index in [0.29, 0.717) is 11.3 Å². The Morgan fingerprint density at radius 3 is 2.32 bits per heavy atom. The van der Waals surface area contributed by atoms with Crippen LogP contribution in [0.5, 0.6) is 5.75 Å². The second kappa shape index (κ2) is 11.8. The highest BCUT2D eigenvalue weighted by atomic mass is 16.5. The Kier molecular flexibility index (Phi) is 8.58. The topological polar surface area (TPSA) is 129 Å². The Bertz CT molecular complexity index is 1020. The van der Waals surface area contributed by atoms with Crippen LogP contribution in [0.4, 0.5) is 5.69 Å². The highest BCUT2D eigenvalue weighted by Crippen LogP contribution is 2.23. The fourth-order valence-corrected chi connectivity index (χ4v) is 3.52. The van der Waals surface area contributed by atoms with E-state index >= 15 is 0 Å². The van der Waals surface area contributed by atoms with Crippen LogP contribution in [-0.4, -0.2) is 61.9 Å². The van der Waals surface area contributed by atoms with E-state index < -0.39 is 0 Å². The summed E-state index contributed by atoms with van der Waals surface area (Å²) in [5.41, 5.74) is 2.03. The van der Waals surface area contributed by atoms with Crippen molar-refractivity contribution >= 4 is 29.3 Å². The molecule has 1 heterocycles. The molecule has 0 aromatic heterocycles. The molecular weight excluding hydrogens is 438 g/mol. The van der Waals surface area contributed by atoms with Crippen LogP contribution in [-0.2, 0) is 14.4 Å². The lowest BCUT2D eigenvalue weighted by atomic mass is 10.0. The third-order valence-corrected chi connectivity index (χ3v) is 5.31. The van der Waals surface area contributed by atoms with E-state index in [9.17, 15) is 19.2 Å². The number of benzene rings is 2. The van der Waals surface area contributed by atoms with Crippen LogP contribution in [0.15, 0.2) is 48.5 Å². The summed E-state index contributed by atoms with van der Waals surface area (Å²) in [6, 6.07) is 13.9. The molecule has 180 valence electrons. The fourth-order valence-electron chi connectivity index (χ4n) is 3.52. The Morgan fingerprint density at radius 1 is 1.03 bits per heavy atom. The van der Waals surface area contributed by atoms with Crippen molar-refractivity contribution in [3.63, 3.8) is 0 Å². The first-order valence-electron chi connectivity index (χ1n) is 10.9. The molecular formula is C24H29N5O5. The van der Waals surface area contributed by atoms with Gasteiger partial charge in [0, 0.05) is 43.7 Å². The van der Waals surface area contributed by atoms with Crippen LogP contribution in [0.2, 0.25) is 0 Å². The van der Waals surface area contributed by atoms with Gasteiger partial charge in [-0.15, -0.1) is 0 Å². The van der Waals surface area contributed by atoms with Crippen LogP contribution in [0.1, 0.15) is 35.3 Å². The fraction of sp³-hybridized carbons (Fsp3) is 0.333. The van der Waals surface area contributed by atoms with Crippen molar-refractivity contribution in [3.05, 3.63) is 59.7 Å². The summed E-state index contributed by atoms with van der Waals surface area (Å²) < 4.78 is 5.15. The molecule has 0 radical (unpaired) electrons. The predicted octanol–water partition coefficient (Wildman–Crippen LogP) is 1.02. The lowest BCUT2D eigenvalue weighted by Gasteiger charge is -2.32. The normalized spacial score (nSPS) is 15.4. The zero-order chi connectivity index (χ0) is 24.5. The molecule has 1 unspecified atom stereocenters. The zero-order valence-electron chi connectivity index (χ0n) is 19.2. The number of amides is 4. The van der Waals surface area contributed by atoms with Gasteiger partial charge in [-0.2, -0.15) is 0 Å². The van der Waals surface area contributed by atoms with Crippen molar-refractivity contribution in [1.82, 2.24) is 20.9 Å². The van der Waals surface area contributed by atoms with Gasteiger partial charge in [-0.3, -0.25) is 24.5 Å². The van der Waals surface area contributed by atoms with Gasteiger partial charge in [0.1, 0.15) is 12.3 Å². The summed E-state index contributed by atoms with van der Waals surface area (Å²) in [5, 5.41) is 11.3. The van der Waals surface area contributed by atoms with Crippen LogP contribution in [0.3, 0.4) is 0 Å². The van der Waals surface area contributed by atoms with Crippen molar-refractivity contribution in [2.75, 3.05) is 38.7 Å². The molecule has 1 fully saturated rings. The Hall–Kier alpha value is -3.92. The summed E-state index contributed by atoms with van der Waals surface area (Å²) in [5.74, 6) is -0.131. The molecule has 2 aromatic carbocycles. The zero-order valence-corrected chi connectivity index (χ0v) is 19.2. The van der Waals surface area contributed by atoms with Gasteiger partial charge in [-0.1, -0.05) is 12.1 Å². The maximum atomic E-state index is 12.5. The van der Waals surface area contributed by atoms with Crippen molar-refractivity contribution in [1.29, 1.82) is 0 Å². The molecule has 3 rings (SSSR count). The lowest BCUT2D eigenvalue weighted by Crippen LogP contribution is -2.51. The Balaban J connectivity index is 1.36. The summed E-state index contributed by atoms with van der Waals surface area (Å²) in [4.78, 5) is 49.4. The van der Waals surface area contributed by atoms with Crippen molar-refractivity contribution in [2.24, 2.45) is 0 Å². The average Bonchev–Trinajstić information content (AvgIpc) is 2.83. The second-order valence-electron chi connectivity index (χ2n) is 7.85. The standard InChI is InChI=1S/C24H29N5O5/c1-16(30)28-19-7-3-18(4-8-19)24(33)26-12-11-25-22(31)14-29-15-27-21(13-23(29)32)17-5-9-20(34-2)10-6-17/h3-10,21,27H,11-15H2,1-2H3,(H,25,31)(H,26,33)(H,28,30). The number of carbonyl (C=O) groups excluding carboxylic acids is 4. The number of rotatable bonds is 9. The van der Waals surface area contributed by atoms with Crippen LogP contribution in [0, 0.1) is 0 Å². The summed E-state index contributed by atoms with van der Waals surface area (Å²) in [7, 11) is 1.60. The largest absolute Gasteiger partial charge is 0.497 e. The van der Waals surface area contributed by atoms with Gasteiger partial charge in [0.05, 0.1) is 13.8 Å². The van der Waals surface area contributed by atoms with Crippen LogP contribution < -0.4 is 26.0 Å². The van der Waals surface area contributed by atoms with E-state index in [4.69, 9.17) is 4.74 Å². The maximum Gasteiger partial charge on any atom is 0.251 e. The SMILES string of the molecule is COc1ccc(C2CC(=O)N(CC(=O)NCCNC(=O)c3ccc(NC(C)=O)cc3)CN2)cc1. The molecule has 0 saturated carbocycles. The van der Waals surface area contributed by atoms with E-state index in [1.54, 1.807) is 31.4 Å². The summed E-state index contributed by atoms with van der Waals surface area (Å²) in [6.45, 7) is 2.10. The molecule has 0 spiro atoms. The van der Waals surface area contributed by atoms with E-state index in [2.05, 4.69) is 21.3 Å². The highest BCUT2D eigenvalue weighted by molar-refractivity contribution is 5.95. The van der Waals surface area contributed by atoms with Crippen molar-refractivity contribution in [3.8, 4) is 5.75 Å². The van der Waals surface area contributed by atoms with Crippen molar-refractivity contribution < 1.29 is 23.9 Å². The first-order valence-corrected chi connectivity index (χ1v) is 10.9. The lowest BCUT2D eigenvalue weighted by molar-refractivity contribution is -0.139. The Morgan fingerprint density at radius 2 is 1.71 bits per heavy atom. The number of carbonyl (C=O) groups is 4. The first-order chi connectivity index (χ1) is 16.4. The Labute approximate surface area is 198 Å². The molecule has 10 nitrogen and oxygen atoms in total. The molecule has 34 heavy (non-hydrogen) atoms. The number of methoxy groups -OCH3 is 1. The number of ether oxygens (including phenoxy) is 1. The van der Waals surface area contributed by atoms with E-state index in [0.717, 1.165) is 11.3 Å². The number of anilines is 1. The minimum atomic E-state index is -0.299. The van der Waals surface area contributed by atoms with Gasteiger partial charge in [-0.25, -0.2) is 0 Å². The molecule has 1 saturated heterocycles. The first kappa shape index (κ1) is 24.7. The maximum absolute atomic E-state index is 12.5. The van der Waals surface area contributed by atoms with Gasteiger partial charge in [-0.05, 0) is 42.0 Å². The van der Waals surface area contributed by atoms with Crippen LogP contribution >= 0.6 is 0 Å². The summed E-state index contributed by atoms with van der Waals surface area (Å²) >= 11 is 0. The van der Waals surface area contributed by atoms with E-state index in [1.165, 1.54) is 11.8 Å². The third-order valence-electron chi connectivity index (χ3n) is 5.31. The monoisotopic (exact) mass is 467 g/mol. The highest BCUT2D eigenvalue weighted by Gasteiger charge is 2.27. The molecule has 0 aliphatic carbocycles. The quantitative estimate of drug-likeness (QED) is 0.408. The number of nitrogens with zero attached hydrogens (tertiary/aromatic N) is 1. The predicted molar refractivity (Wildman–Crippen MR) is 126 cm³/mol. The number of hydrogen-bond donors (Lipinski definition) is 4. The van der Waals surface area contributed by atoms with Gasteiger partial charge in [0.15, 0.2) is 0 Å². The molecule has 10 heteroatoms. The van der Waals surface area contributed by atoms with Gasteiger partial charge < -0.3 is 25.6 Å². The number of nitrogens with one attached hydrogen (secondary N) is 4. The smallest absolute Gasteiger partial charge is 0.251 e. The van der Waals surface area contributed by atoms with E-state index in [1.807, 2.05) is 24.3 Å². The molecule has 4 N–H and O–H groups in total. The van der Waals surface area contributed by atoms with Gasteiger partial charge in [0.2, 0.25) is 17.7 Å². The average molecular weight is 468 g/mol. The second-order valence-corrected chi connectivity index (χ2v) is 7.85. The molecule has 1 aliphatic heterocycles. The molecule has 1 aliphatic rings. The van der Waals surface area contributed by atoms with E-state index in [-0.39, 0.29) is 62.4 Å². The number of hydrogen-bond acceptors (Lipinski definition) is 6. The van der Waals surface area contributed by atoms with Crippen LogP contribution in [0.25, 0.3) is 0 Å². The van der Waals surface area contributed by atoms with Gasteiger partial charge in [0.25, 0.3) is 5.91 Å². The van der Waals surface area contributed by atoms with Gasteiger partial charge >= 0.3 is 0 Å². The summed E-state index contributed by atoms with van der Waals surface area (Å²) in [6.07, 6.45) is 0.260. The molecule has 0 bridgehead atoms.